The summed E-state index contributed by atoms with van der Waals surface area (Å²) in [5, 5.41) is 9.26. The molecule has 1 atom stereocenters. The first kappa shape index (κ1) is 16.8. The number of hydrogen-bond donors (Lipinski definition) is 1. The molecule has 0 bridgehead atoms. The van der Waals surface area contributed by atoms with Gasteiger partial charge in [-0.2, -0.15) is 0 Å². The first-order valence-corrected chi connectivity index (χ1v) is 8.87. The van der Waals surface area contributed by atoms with E-state index >= 15 is 0 Å². The number of nitrogens with zero attached hydrogens (tertiary/aromatic N) is 1. The van der Waals surface area contributed by atoms with Gasteiger partial charge in [-0.25, -0.2) is 13.2 Å². The van der Waals surface area contributed by atoms with Gasteiger partial charge in [0.05, 0.1) is 21.2 Å². The predicted octanol–water partition coefficient (Wildman–Crippen LogP) is 1.82. The minimum atomic E-state index is -3.47. The first-order chi connectivity index (χ1) is 10.3. The van der Waals surface area contributed by atoms with Crippen LogP contribution in [0.25, 0.3) is 0 Å². The second kappa shape index (κ2) is 6.26. The first-order valence-electron chi connectivity index (χ1n) is 6.84. The third kappa shape index (κ3) is 3.10. The molecule has 0 radical (unpaired) electrons. The molecule has 1 heterocycles. The number of carboxylic acids is 1. The van der Waals surface area contributed by atoms with E-state index in [1.165, 1.54) is 30.0 Å². The highest BCUT2D eigenvalue weighted by Gasteiger charge is 2.35. The summed E-state index contributed by atoms with van der Waals surface area (Å²) in [6.07, 6.45) is 0.971. The Morgan fingerprint density at radius 1 is 1.41 bits per heavy atom. The topological polar surface area (TPSA) is 91.8 Å². The zero-order valence-electron chi connectivity index (χ0n) is 12.0. The minimum absolute atomic E-state index is 0.00817. The molecule has 1 N–H and O–H groups in total. The van der Waals surface area contributed by atoms with Gasteiger partial charge in [-0.15, -0.1) is 0 Å². The number of halogens is 1. The summed E-state index contributed by atoms with van der Waals surface area (Å²) in [7, 11) is -3.47. The third-order valence-corrected chi connectivity index (χ3v) is 5.77. The summed E-state index contributed by atoms with van der Waals surface area (Å²) in [5.74, 6) is -1.72. The molecule has 1 aliphatic rings. The second-order valence-corrected chi connectivity index (χ2v) is 7.73. The van der Waals surface area contributed by atoms with Gasteiger partial charge in [-0.05, 0) is 31.0 Å². The summed E-state index contributed by atoms with van der Waals surface area (Å²) < 4.78 is 23.8. The molecule has 2 rings (SSSR count). The van der Waals surface area contributed by atoms with E-state index in [9.17, 15) is 18.0 Å². The Morgan fingerprint density at radius 2 is 2.09 bits per heavy atom. The summed E-state index contributed by atoms with van der Waals surface area (Å²) in [6.45, 7) is 1.82. The molecule has 1 aromatic carbocycles. The van der Waals surface area contributed by atoms with Gasteiger partial charge in [0.25, 0.3) is 5.91 Å². The van der Waals surface area contributed by atoms with Gasteiger partial charge in [0.15, 0.2) is 9.84 Å². The number of sulfone groups is 1. The van der Waals surface area contributed by atoms with Crippen LogP contribution in [0.4, 0.5) is 0 Å². The maximum atomic E-state index is 12.5. The number of aliphatic carboxylic acids is 1. The van der Waals surface area contributed by atoms with Crippen LogP contribution in [0.3, 0.4) is 0 Å². The Balaban J connectivity index is 2.42. The number of likely N-dealkylation sites (tertiary alicyclic amines) is 1. The molecule has 6 nitrogen and oxygen atoms in total. The number of carbonyl (C=O) groups is 2. The molecule has 0 unspecified atom stereocenters. The van der Waals surface area contributed by atoms with Crippen molar-refractivity contribution in [3.8, 4) is 0 Å². The fourth-order valence-electron chi connectivity index (χ4n) is 2.45. The van der Waals surface area contributed by atoms with Crippen LogP contribution in [0.2, 0.25) is 5.02 Å². The van der Waals surface area contributed by atoms with E-state index in [1.54, 1.807) is 0 Å². The Hall–Kier alpha value is -1.60. The fourth-order valence-corrected chi connectivity index (χ4v) is 3.55. The molecule has 0 aromatic heterocycles. The Kier molecular flexibility index (Phi) is 4.77. The summed E-state index contributed by atoms with van der Waals surface area (Å²) in [5.41, 5.74) is 0.0179. The second-order valence-electron chi connectivity index (χ2n) is 5.04. The average molecular weight is 346 g/mol. The van der Waals surface area contributed by atoms with Gasteiger partial charge >= 0.3 is 5.97 Å². The minimum Gasteiger partial charge on any atom is -0.480 e. The number of hydrogen-bond acceptors (Lipinski definition) is 4. The van der Waals surface area contributed by atoms with Crippen molar-refractivity contribution in [3.05, 3.63) is 28.8 Å². The highest BCUT2D eigenvalue weighted by Crippen LogP contribution is 2.26. The van der Waals surface area contributed by atoms with E-state index in [2.05, 4.69) is 0 Å². The summed E-state index contributed by atoms with van der Waals surface area (Å²) >= 11 is 6.00. The molecular formula is C14H16ClNO5S. The monoisotopic (exact) mass is 345 g/mol. The molecule has 8 heteroatoms. The van der Waals surface area contributed by atoms with Gasteiger partial charge in [0.2, 0.25) is 0 Å². The lowest BCUT2D eigenvalue weighted by atomic mass is 10.1. The maximum Gasteiger partial charge on any atom is 0.326 e. The van der Waals surface area contributed by atoms with Crippen molar-refractivity contribution in [2.24, 2.45) is 0 Å². The van der Waals surface area contributed by atoms with Crippen LogP contribution < -0.4 is 0 Å². The van der Waals surface area contributed by atoms with Crippen LogP contribution in [0.15, 0.2) is 23.1 Å². The highest BCUT2D eigenvalue weighted by molar-refractivity contribution is 7.91. The number of carboxylic acid groups (broad SMARTS) is 1. The summed E-state index contributed by atoms with van der Waals surface area (Å²) in [6, 6.07) is 3.02. The standard InChI is InChI=1S/C14H16ClNO5S/c1-2-22(20,21)9-5-6-11(15)10(8-9)13(17)16-7-3-4-12(16)14(18)19/h5-6,8,12H,2-4,7H2,1H3,(H,18,19)/t12-/m0/s1. The number of benzene rings is 1. The van der Waals surface area contributed by atoms with E-state index < -0.39 is 27.8 Å². The van der Waals surface area contributed by atoms with Crippen LogP contribution in [0, 0.1) is 0 Å². The van der Waals surface area contributed by atoms with Crippen LogP contribution in [0.5, 0.6) is 0 Å². The van der Waals surface area contributed by atoms with Crippen molar-refractivity contribution >= 4 is 33.3 Å². The molecule has 0 saturated carbocycles. The van der Waals surface area contributed by atoms with Crippen molar-refractivity contribution < 1.29 is 23.1 Å². The van der Waals surface area contributed by atoms with E-state index in [4.69, 9.17) is 16.7 Å². The predicted molar refractivity (Wildman–Crippen MR) is 80.9 cm³/mol. The molecule has 1 aliphatic heterocycles. The van der Waals surface area contributed by atoms with Gasteiger partial charge in [0.1, 0.15) is 6.04 Å². The molecule has 1 fully saturated rings. The van der Waals surface area contributed by atoms with Crippen molar-refractivity contribution in [2.75, 3.05) is 12.3 Å². The molecule has 0 spiro atoms. The van der Waals surface area contributed by atoms with Gasteiger partial charge in [0, 0.05) is 6.54 Å². The third-order valence-electron chi connectivity index (χ3n) is 3.71. The van der Waals surface area contributed by atoms with Gasteiger partial charge in [-0.1, -0.05) is 18.5 Å². The zero-order chi connectivity index (χ0) is 16.5. The van der Waals surface area contributed by atoms with Crippen LogP contribution >= 0.6 is 11.6 Å². The molecule has 1 amide bonds. The Bertz CT molecular complexity index is 716. The summed E-state index contributed by atoms with van der Waals surface area (Å²) in [4.78, 5) is 25.0. The molecule has 1 aromatic rings. The number of rotatable bonds is 4. The van der Waals surface area contributed by atoms with Crippen LogP contribution in [-0.2, 0) is 14.6 Å². The SMILES string of the molecule is CCS(=O)(=O)c1ccc(Cl)c(C(=O)N2CCC[C@H]2C(=O)O)c1. The molecule has 0 aliphatic carbocycles. The number of carbonyl (C=O) groups excluding carboxylic acids is 1. The molecule has 22 heavy (non-hydrogen) atoms. The molecular weight excluding hydrogens is 330 g/mol. The van der Waals surface area contributed by atoms with Crippen molar-refractivity contribution in [2.45, 2.75) is 30.7 Å². The van der Waals surface area contributed by atoms with Gasteiger partial charge in [-0.3, -0.25) is 4.79 Å². The van der Waals surface area contributed by atoms with E-state index in [0.717, 1.165) is 0 Å². The smallest absolute Gasteiger partial charge is 0.326 e. The quantitative estimate of drug-likeness (QED) is 0.898. The van der Waals surface area contributed by atoms with E-state index in [-0.39, 0.29) is 21.2 Å². The highest BCUT2D eigenvalue weighted by atomic mass is 35.5. The van der Waals surface area contributed by atoms with Crippen molar-refractivity contribution in [1.29, 1.82) is 0 Å². The lowest BCUT2D eigenvalue weighted by Crippen LogP contribution is -2.40. The largest absolute Gasteiger partial charge is 0.480 e. The average Bonchev–Trinajstić information content (AvgIpc) is 2.96. The fraction of sp³-hybridized carbons (Fsp3) is 0.429. The van der Waals surface area contributed by atoms with Gasteiger partial charge < -0.3 is 10.0 Å². The lowest BCUT2D eigenvalue weighted by molar-refractivity contribution is -0.141. The van der Waals surface area contributed by atoms with Crippen LogP contribution in [0.1, 0.15) is 30.1 Å². The number of amides is 1. The maximum absolute atomic E-state index is 12.5. The Morgan fingerprint density at radius 3 is 2.68 bits per heavy atom. The van der Waals surface area contributed by atoms with Crippen LogP contribution in [-0.4, -0.2) is 48.6 Å². The molecule has 1 saturated heterocycles. The van der Waals surface area contributed by atoms with E-state index in [0.29, 0.717) is 19.4 Å². The van der Waals surface area contributed by atoms with E-state index in [1.807, 2.05) is 0 Å². The van der Waals surface area contributed by atoms with Crippen molar-refractivity contribution in [3.63, 3.8) is 0 Å². The van der Waals surface area contributed by atoms with Crippen molar-refractivity contribution in [1.82, 2.24) is 4.90 Å². The zero-order valence-corrected chi connectivity index (χ0v) is 13.5. The Labute approximate surface area is 133 Å². The lowest BCUT2D eigenvalue weighted by Gasteiger charge is -2.22. The molecule has 120 valence electrons. The normalized spacial score (nSPS) is 18.5.